The minimum Gasteiger partial charge on any atom is -0.496 e. The topological polar surface area (TPSA) is 60.8 Å². The minimum absolute atomic E-state index is 0.328. The quantitative estimate of drug-likeness (QED) is 0.542. The van der Waals surface area contributed by atoms with Gasteiger partial charge in [0.1, 0.15) is 5.75 Å². The molecule has 2 aromatic rings. The van der Waals surface area contributed by atoms with Crippen molar-refractivity contribution in [2.24, 2.45) is 5.73 Å². The molecule has 0 aliphatic heterocycles. The van der Waals surface area contributed by atoms with Crippen LogP contribution < -0.4 is 15.9 Å². The molecule has 4 N–H and O–H groups in total. The summed E-state index contributed by atoms with van der Waals surface area (Å²) in [6.07, 6.45) is 0. The number of methoxy groups -OCH3 is 1. The van der Waals surface area contributed by atoms with Crippen LogP contribution in [-0.2, 0) is 0 Å². The van der Waals surface area contributed by atoms with E-state index in [4.69, 9.17) is 15.9 Å². The first-order chi connectivity index (χ1) is 7.24. The zero-order valence-corrected chi connectivity index (χ0v) is 8.53. The highest BCUT2D eigenvalue weighted by Crippen LogP contribution is 2.27. The van der Waals surface area contributed by atoms with Gasteiger partial charge in [-0.1, -0.05) is 24.3 Å². The molecule has 3 nitrogen and oxygen atoms in total. The third-order valence-electron chi connectivity index (χ3n) is 2.41. The number of ether oxygens (including phenoxy) is 1. The summed E-state index contributed by atoms with van der Waals surface area (Å²) in [4.78, 5) is 0. The normalized spacial score (nSPS) is 10.2. The van der Waals surface area contributed by atoms with Gasteiger partial charge in [0.05, 0.1) is 12.7 Å². The van der Waals surface area contributed by atoms with E-state index in [1.807, 2.05) is 36.4 Å². The van der Waals surface area contributed by atoms with Crippen LogP contribution in [0.15, 0.2) is 36.4 Å². The Hall–Kier alpha value is -2.03. The summed E-state index contributed by atoms with van der Waals surface area (Å²) in [5, 5.41) is 7.66. The van der Waals surface area contributed by atoms with Gasteiger partial charge < -0.3 is 4.74 Å². The fourth-order valence-corrected chi connectivity index (χ4v) is 1.70. The predicted molar refractivity (Wildman–Crippen MR) is 60.7 cm³/mol. The molecular weight excluding hydrogens is 188 g/mol. The first kappa shape index (κ1) is 9.52. The number of hydrogen-bond donors (Lipinski definition) is 2. The largest absolute Gasteiger partial charge is 0.496 e. The fourth-order valence-electron chi connectivity index (χ4n) is 1.70. The zero-order chi connectivity index (χ0) is 10.8. The predicted octanol–water partition coefficient (Wildman–Crippen LogP) is 0.313. The second-order valence-corrected chi connectivity index (χ2v) is 3.32. The van der Waals surface area contributed by atoms with Crippen molar-refractivity contribution >= 4 is 16.6 Å². The van der Waals surface area contributed by atoms with Gasteiger partial charge in [-0.3, -0.25) is 11.1 Å². The van der Waals surface area contributed by atoms with E-state index in [0.717, 1.165) is 22.1 Å². The molecule has 3 heteroatoms. The van der Waals surface area contributed by atoms with E-state index in [1.165, 1.54) is 0 Å². The Bertz CT molecular complexity index is 520. The molecule has 15 heavy (non-hydrogen) atoms. The standard InChI is InChI=1S/C12H12N2O/c1-15-11-7-6-10(12(13)14)8-4-2-3-5-9(8)11/h2-7H,1H3,(H3,13,14)/p+1. The van der Waals surface area contributed by atoms with Crippen LogP contribution in [0.1, 0.15) is 5.56 Å². The van der Waals surface area contributed by atoms with Crippen molar-refractivity contribution in [3.8, 4) is 5.75 Å². The second-order valence-electron chi connectivity index (χ2n) is 3.32. The van der Waals surface area contributed by atoms with E-state index >= 15 is 0 Å². The molecule has 0 saturated carbocycles. The summed E-state index contributed by atoms with van der Waals surface area (Å²) in [6.45, 7) is 0. The van der Waals surface area contributed by atoms with Crippen molar-refractivity contribution in [3.63, 3.8) is 0 Å². The van der Waals surface area contributed by atoms with E-state index in [-0.39, 0.29) is 0 Å². The average molecular weight is 201 g/mol. The molecule has 0 radical (unpaired) electrons. The minimum atomic E-state index is 0.328. The monoisotopic (exact) mass is 201 g/mol. The molecule has 0 heterocycles. The number of benzene rings is 2. The Morgan fingerprint density at radius 1 is 1.13 bits per heavy atom. The highest BCUT2D eigenvalue weighted by molar-refractivity contribution is 6.07. The summed E-state index contributed by atoms with van der Waals surface area (Å²) in [5.41, 5.74) is 6.48. The number of amidine groups is 1. The van der Waals surface area contributed by atoms with Gasteiger partial charge in [0, 0.05) is 10.8 Å². The van der Waals surface area contributed by atoms with Crippen LogP contribution >= 0.6 is 0 Å². The van der Waals surface area contributed by atoms with Crippen molar-refractivity contribution in [1.29, 1.82) is 0 Å². The SMILES string of the molecule is COc1ccc(C(N)=[NH2+])c2ccccc12. The molecule has 2 aromatic carbocycles. The van der Waals surface area contributed by atoms with Crippen molar-refractivity contribution in [3.05, 3.63) is 42.0 Å². The molecule has 2 rings (SSSR count). The molecule has 0 aliphatic carbocycles. The smallest absolute Gasteiger partial charge is 0.271 e. The van der Waals surface area contributed by atoms with Crippen LogP contribution in [0.25, 0.3) is 10.8 Å². The average Bonchev–Trinajstić information content (AvgIpc) is 2.27. The Kier molecular flexibility index (Phi) is 2.29. The number of nitrogens with two attached hydrogens (primary N) is 2. The van der Waals surface area contributed by atoms with E-state index in [9.17, 15) is 0 Å². The molecule has 0 spiro atoms. The van der Waals surface area contributed by atoms with E-state index in [0.29, 0.717) is 5.84 Å². The second kappa shape index (κ2) is 3.61. The van der Waals surface area contributed by atoms with Crippen LogP contribution in [0.3, 0.4) is 0 Å². The first-order valence-corrected chi connectivity index (χ1v) is 4.68. The maximum Gasteiger partial charge on any atom is 0.271 e. The summed E-state index contributed by atoms with van der Waals surface area (Å²) in [5.74, 6) is 1.16. The lowest BCUT2D eigenvalue weighted by Gasteiger charge is -2.07. The van der Waals surface area contributed by atoms with Crippen LogP contribution in [0.5, 0.6) is 5.75 Å². The van der Waals surface area contributed by atoms with E-state index in [2.05, 4.69) is 0 Å². The van der Waals surface area contributed by atoms with Crippen LogP contribution in [0, 0.1) is 0 Å². The molecule has 0 aliphatic rings. The Labute approximate surface area is 88.0 Å². The number of rotatable bonds is 2. The maximum atomic E-state index is 5.62. The van der Waals surface area contributed by atoms with Gasteiger partial charge in [0.15, 0.2) is 0 Å². The van der Waals surface area contributed by atoms with Crippen molar-refractivity contribution in [2.45, 2.75) is 0 Å². The van der Waals surface area contributed by atoms with Crippen molar-refractivity contribution in [2.75, 3.05) is 7.11 Å². The lowest BCUT2D eigenvalue weighted by Crippen LogP contribution is -2.46. The van der Waals surface area contributed by atoms with Gasteiger partial charge >= 0.3 is 0 Å². The summed E-state index contributed by atoms with van der Waals surface area (Å²) >= 11 is 0. The number of hydrogen-bond acceptors (Lipinski definition) is 1. The van der Waals surface area contributed by atoms with Crippen molar-refractivity contribution in [1.82, 2.24) is 0 Å². The molecule has 0 atom stereocenters. The zero-order valence-electron chi connectivity index (χ0n) is 8.53. The van der Waals surface area contributed by atoms with Gasteiger partial charge in [-0.15, -0.1) is 0 Å². The summed E-state index contributed by atoms with van der Waals surface area (Å²) < 4.78 is 5.27. The summed E-state index contributed by atoms with van der Waals surface area (Å²) in [6, 6.07) is 11.6. The highest BCUT2D eigenvalue weighted by atomic mass is 16.5. The molecular formula is C12H13N2O+. The fraction of sp³-hybridized carbons (Fsp3) is 0.0833. The van der Waals surface area contributed by atoms with E-state index in [1.54, 1.807) is 7.11 Å². The molecule has 0 amide bonds. The molecule has 0 bridgehead atoms. The van der Waals surface area contributed by atoms with Gasteiger partial charge in [0.2, 0.25) is 0 Å². The number of fused-ring (bicyclic) bond motifs is 1. The van der Waals surface area contributed by atoms with Gasteiger partial charge in [0.25, 0.3) is 5.84 Å². The van der Waals surface area contributed by atoms with Gasteiger partial charge in [-0.25, -0.2) is 0 Å². The highest BCUT2D eigenvalue weighted by Gasteiger charge is 2.09. The van der Waals surface area contributed by atoms with Gasteiger partial charge in [-0.05, 0) is 12.1 Å². The third kappa shape index (κ3) is 1.52. The molecule has 0 unspecified atom stereocenters. The Morgan fingerprint density at radius 3 is 2.40 bits per heavy atom. The Morgan fingerprint density at radius 2 is 1.80 bits per heavy atom. The molecule has 76 valence electrons. The molecule has 0 saturated heterocycles. The van der Waals surface area contributed by atoms with Crippen LogP contribution in [0.2, 0.25) is 0 Å². The lowest BCUT2D eigenvalue weighted by atomic mass is 10.0. The maximum absolute atomic E-state index is 5.62. The Balaban J connectivity index is 2.83. The third-order valence-corrected chi connectivity index (χ3v) is 2.41. The van der Waals surface area contributed by atoms with Crippen molar-refractivity contribution < 1.29 is 10.1 Å². The molecule has 0 fully saturated rings. The van der Waals surface area contributed by atoms with Crippen LogP contribution in [0.4, 0.5) is 0 Å². The van der Waals surface area contributed by atoms with E-state index < -0.39 is 0 Å². The van der Waals surface area contributed by atoms with Gasteiger partial charge in [-0.2, -0.15) is 0 Å². The van der Waals surface area contributed by atoms with Crippen LogP contribution in [-0.4, -0.2) is 12.9 Å². The summed E-state index contributed by atoms with van der Waals surface area (Å²) in [7, 11) is 1.65. The first-order valence-electron chi connectivity index (χ1n) is 4.68. The molecule has 0 aromatic heterocycles. The lowest BCUT2D eigenvalue weighted by molar-refractivity contribution is -0.114.